The second-order valence-corrected chi connectivity index (χ2v) is 3.23. The second-order valence-electron chi connectivity index (χ2n) is 2.37. The van der Waals surface area contributed by atoms with Crippen LogP contribution in [0.25, 0.3) is 0 Å². The quantitative estimate of drug-likeness (QED) is 0.657. The fourth-order valence-electron chi connectivity index (χ4n) is 0.697. The van der Waals surface area contributed by atoms with Gasteiger partial charge in [0.2, 0.25) is 5.91 Å². The summed E-state index contributed by atoms with van der Waals surface area (Å²) in [6.45, 7) is 0.0864. The van der Waals surface area contributed by atoms with Gasteiger partial charge in [-0.25, -0.2) is 9.78 Å². The van der Waals surface area contributed by atoms with Crippen LogP contribution < -0.4 is 10.6 Å². The van der Waals surface area contributed by atoms with E-state index in [-0.39, 0.29) is 18.1 Å². The highest BCUT2D eigenvalue weighted by Gasteiger charge is 2.08. The third kappa shape index (κ3) is 2.70. The average molecular weight is 215 g/mol. The highest BCUT2D eigenvalue weighted by molar-refractivity contribution is 7.13. The summed E-state index contributed by atoms with van der Waals surface area (Å²) in [5.41, 5.74) is -0.0191. The van der Waals surface area contributed by atoms with Crippen molar-refractivity contribution in [3.8, 4) is 0 Å². The van der Waals surface area contributed by atoms with Gasteiger partial charge in [-0.05, 0) is 0 Å². The highest BCUT2D eigenvalue weighted by Crippen LogP contribution is 2.14. The molecule has 0 aliphatic carbocycles. The molecule has 1 aromatic heterocycles. The number of likely N-dealkylation sites (N-methyl/N-ethyl adjacent to an activating group) is 1. The van der Waals surface area contributed by atoms with Crippen LogP contribution in [0.2, 0.25) is 0 Å². The van der Waals surface area contributed by atoms with Crippen LogP contribution in [-0.4, -0.2) is 35.6 Å². The van der Waals surface area contributed by atoms with E-state index in [9.17, 15) is 9.59 Å². The number of hydrogen-bond acceptors (Lipinski definition) is 5. The molecule has 6 nitrogen and oxygen atoms in total. The maximum Gasteiger partial charge on any atom is 0.355 e. The van der Waals surface area contributed by atoms with Gasteiger partial charge in [-0.3, -0.25) is 4.79 Å². The van der Waals surface area contributed by atoms with E-state index in [1.54, 1.807) is 0 Å². The Balaban J connectivity index is 2.52. The molecule has 0 aliphatic rings. The number of thiazole rings is 1. The fourth-order valence-corrected chi connectivity index (χ4v) is 1.38. The molecule has 0 saturated carbocycles. The number of hydrogen-bond donors (Lipinski definition) is 3. The SMILES string of the molecule is CNC(=O)CNc1nc(C(=O)O)cs1. The van der Waals surface area contributed by atoms with Gasteiger partial charge in [-0.2, -0.15) is 0 Å². The molecule has 3 N–H and O–H groups in total. The van der Waals surface area contributed by atoms with Crippen molar-refractivity contribution >= 4 is 28.3 Å². The Morgan fingerprint density at radius 3 is 2.86 bits per heavy atom. The summed E-state index contributed by atoms with van der Waals surface area (Å²) >= 11 is 1.15. The number of nitrogens with one attached hydrogen (secondary N) is 2. The first-order chi connectivity index (χ1) is 6.63. The van der Waals surface area contributed by atoms with Gasteiger partial charge in [0.15, 0.2) is 10.8 Å². The fraction of sp³-hybridized carbons (Fsp3) is 0.286. The minimum Gasteiger partial charge on any atom is -0.476 e. The van der Waals surface area contributed by atoms with Crippen LogP contribution in [0, 0.1) is 0 Å². The van der Waals surface area contributed by atoms with Crippen LogP contribution in [0.3, 0.4) is 0 Å². The zero-order valence-electron chi connectivity index (χ0n) is 7.40. The summed E-state index contributed by atoms with van der Waals surface area (Å²) in [6.07, 6.45) is 0. The molecule has 0 unspecified atom stereocenters. The van der Waals surface area contributed by atoms with Gasteiger partial charge in [0.25, 0.3) is 0 Å². The standard InChI is InChI=1S/C7H9N3O3S/c1-8-5(11)2-9-7-10-4(3-14-7)6(12)13/h3H,2H2,1H3,(H,8,11)(H,9,10)(H,12,13). The molecule has 0 aromatic carbocycles. The van der Waals surface area contributed by atoms with Crippen LogP contribution in [0.5, 0.6) is 0 Å². The Morgan fingerprint density at radius 2 is 2.36 bits per heavy atom. The lowest BCUT2D eigenvalue weighted by Crippen LogP contribution is -2.26. The zero-order chi connectivity index (χ0) is 10.6. The van der Waals surface area contributed by atoms with E-state index < -0.39 is 5.97 Å². The summed E-state index contributed by atoms with van der Waals surface area (Å²) in [5, 5.41) is 15.5. The molecule has 7 heteroatoms. The van der Waals surface area contributed by atoms with Gasteiger partial charge in [-0.1, -0.05) is 0 Å². The Morgan fingerprint density at radius 1 is 1.64 bits per heavy atom. The molecular formula is C7H9N3O3S. The van der Waals surface area contributed by atoms with Crippen LogP contribution >= 0.6 is 11.3 Å². The number of carboxylic acids is 1. The normalized spacial score (nSPS) is 9.50. The van der Waals surface area contributed by atoms with E-state index in [4.69, 9.17) is 5.11 Å². The van der Waals surface area contributed by atoms with Crippen molar-refractivity contribution in [2.24, 2.45) is 0 Å². The van der Waals surface area contributed by atoms with Crippen molar-refractivity contribution in [2.45, 2.75) is 0 Å². The lowest BCUT2D eigenvalue weighted by molar-refractivity contribution is -0.118. The Hall–Kier alpha value is -1.63. The Bertz CT molecular complexity index is 350. The summed E-state index contributed by atoms with van der Waals surface area (Å²) in [5.74, 6) is -1.26. The molecule has 1 heterocycles. The van der Waals surface area contributed by atoms with Crippen LogP contribution in [0.4, 0.5) is 5.13 Å². The number of nitrogens with zero attached hydrogens (tertiary/aromatic N) is 1. The van der Waals surface area contributed by atoms with Crippen molar-refractivity contribution in [2.75, 3.05) is 18.9 Å². The molecule has 0 saturated heterocycles. The summed E-state index contributed by atoms with van der Waals surface area (Å²) in [7, 11) is 1.52. The number of carbonyl (C=O) groups excluding carboxylic acids is 1. The molecule has 0 spiro atoms. The van der Waals surface area contributed by atoms with E-state index in [1.807, 2.05) is 0 Å². The van der Waals surface area contributed by atoms with Crippen LogP contribution in [0.15, 0.2) is 5.38 Å². The number of anilines is 1. The van der Waals surface area contributed by atoms with E-state index in [1.165, 1.54) is 12.4 Å². The molecule has 1 amide bonds. The molecule has 0 radical (unpaired) electrons. The number of aromatic nitrogens is 1. The number of aromatic carboxylic acids is 1. The maximum atomic E-state index is 10.8. The lowest BCUT2D eigenvalue weighted by atomic mass is 10.5. The minimum absolute atomic E-state index is 0.0191. The monoisotopic (exact) mass is 215 g/mol. The molecule has 1 rings (SSSR count). The number of amides is 1. The third-order valence-electron chi connectivity index (χ3n) is 1.40. The third-order valence-corrected chi connectivity index (χ3v) is 2.20. The Labute approximate surface area is 84.0 Å². The lowest BCUT2D eigenvalue weighted by Gasteiger charge is -1.99. The molecule has 0 bridgehead atoms. The smallest absolute Gasteiger partial charge is 0.355 e. The molecule has 14 heavy (non-hydrogen) atoms. The van der Waals surface area contributed by atoms with Gasteiger partial charge in [-0.15, -0.1) is 11.3 Å². The predicted molar refractivity (Wildman–Crippen MR) is 51.6 cm³/mol. The largest absolute Gasteiger partial charge is 0.476 e. The van der Waals surface area contributed by atoms with Crippen molar-refractivity contribution in [3.63, 3.8) is 0 Å². The van der Waals surface area contributed by atoms with Gasteiger partial charge >= 0.3 is 5.97 Å². The topological polar surface area (TPSA) is 91.3 Å². The first-order valence-electron chi connectivity index (χ1n) is 3.76. The number of carboxylic acid groups (broad SMARTS) is 1. The minimum atomic E-state index is -1.07. The van der Waals surface area contributed by atoms with Crippen LogP contribution in [-0.2, 0) is 4.79 Å². The van der Waals surface area contributed by atoms with Gasteiger partial charge < -0.3 is 15.7 Å². The molecule has 0 fully saturated rings. The molecule has 0 aliphatic heterocycles. The van der Waals surface area contributed by atoms with Crippen molar-refractivity contribution in [3.05, 3.63) is 11.1 Å². The van der Waals surface area contributed by atoms with E-state index in [0.717, 1.165) is 11.3 Å². The average Bonchev–Trinajstić information content (AvgIpc) is 2.62. The van der Waals surface area contributed by atoms with Crippen LogP contribution in [0.1, 0.15) is 10.5 Å². The van der Waals surface area contributed by atoms with E-state index in [2.05, 4.69) is 15.6 Å². The molecular weight excluding hydrogens is 206 g/mol. The first-order valence-corrected chi connectivity index (χ1v) is 4.64. The molecule has 76 valence electrons. The summed E-state index contributed by atoms with van der Waals surface area (Å²) < 4.78 is 0. The highest BCUT2D eigenvalue weighted by atomic mass is 32.1. The maximum absolute atomic E-state index is 10.8. The van der Waals surface area contributed by atoms with E-state index >= 15 is 0 Å². The number of carbonyl (C=O) groups is 2. The zero-order valence-corrected chi connectivity index (χ0v) is 8.22. The number of rotatable bonds is 4. The van der Waals surface area contributed by atoms with Gasteiger partial charge in [0, 0.05) is 12.4 Å². The van der Waals surface area contributed by atoms with E-state index in [0.29, 0.717) is 5.13 Å². The summed E-state index contributed by atoms with van der Waals surface area (Å²) in [6, 6.07) is 0. The van der Waals surface area contributed by atoms with Crippen molar-refractivity contribution in [1.82, 2.24) is 10.3 Å². The van der Waals surface area contributed by atoms with Gasteiger partial charge in [0.1, 0.15) is 0 Å². The second kappa shape index (κ2) is 4.56. The van der Waals surface area contributed by atoms with Crippen molar-refractivity contribution < 1.29 is 14.7 Å². The first kappa shape index (κ1) is 10.5. The molecule has 1 aromatic rings. The van der Waals surface area contributed by atoms with Gasteiger partial charge in [0.05, 0.1) is 6.54 Å². The van der Waals surface area contributed by atoms with Crippen molar-refractivity contribution in [1.29, 1.82) is 0 Å². The Kier molecular flexibility index (Phi) is 3.41. The predicted octanol–water partition coefficient (Wildman–Crippen LogP) is -0.000800. The summed E-state index contributed by atoms with van der Waals surface area (Å²) in [4.78, 5) is 25.0. The molecule has 0 atom stereocenters.